The Balaban J connectivity index is 2.06. The van der Waals surface area contributed by atoms with Crippen LogP contribution < -0.4 is 5.32 Å². The van der Waals surface area contributed by atoms with Crippen molar-refractivity contribution in [3.05, 3.63) is 35.9 Å². The van der Waals surface area contributed by atoms with Gasteiger partial charge in [0.2, 0.25) is 0 Å². The molecule has 0 aliphatic heterocycles. The van der Waals surface area contributed by atoms with E-state index in [0.717, 1.165) is 38.8 Å². The normalized spacial score (nSPS) is 17.9. The molecule has 0 spiro atoms. The predicted octanol–water partition coefficient (Wildman–Crippen LogP) is 2.66. The number of likely N-dealkylation sites (N-methyl/N-ethyl adjacent to an activating group) is 1. The van der Waals surface area contributed by atoms with Gasteiger partial charge in [-0.05, 0) is 24.9 Å². The Morgan fingerprint density at radius 2 is 2.00 bits per heavy atom. The third kappa shape index (κ3) is 5.10. The van der Waals surface area contributed by atoms with Crippen LogP contribution in [0.3, 0.4) is 0 Å². The van der Waals surface area contributed by atoms with Crippen LogP contribution in [0.2, 0.25) is 0 Å². The number of nitrogens with one attached hydrogen (secondary N) is 1. The van der Waals surface area contributed by atoms with Gasteiger partial charge in [-0.1, -0.05) is 44.2 Å². The second-order valence-electron chi connectivity index (χ2n) is 6.44. The molecule has 1 saturated carbocycles. The molecular formula is C18H30N2O. The van der Waals surface area contributed by atoms with E-state index in [9.17, 15) is 0 Å². The van der Waals surface area contributed by atoms with Gasteiger partial charge in [-0.15, -0.1) is 0 Å². The van der Waals surface area contributed by atoms with Crippen molar-refractivity contribution in [2.75, 3.05) is 39.9 Å². The van der Waals surface area contributed by atoms with Crippen LogP contribution in [0.15, 0.2) is 30.3 Å². The molecule has 0 radical (unpaired) electrons. The van der Waals surface area contributed by atoms with Crippen LogP contribution in [0.4, 0.5) is 0 Å². The van der Waals surface area contributed by atoms with Crippen molar-refractivity contribution in [1.29, 1.82) is 0 Å². The Morgan fingerprint density at radius 1 is 1.29 bits per heavy atom. The van der Waals surface area contributed by atoms with Crippen molar-refractivity contribution >= 4 is 0 Å². The number of ether oxygens (including phenoxy) is 1. The minimum absolute atomic E-state index is 0.146. The third-order valence-corrected chi connectivity index (χ3v) is 4.46. The fourth-order valence-corrected chi connectivity index (χ4v) is 2.81. The van der Waals surface area contributed by atoms with Gasteiger partial charge in [0.15, 0.2) is 0 Å². The lowest BCUT2D eigenvalue weighted by molar-refractivity contribution is 0.134. The van der Waals surface area contributed by atoms with E-state index in [0.29, 0.717) is 0 Å². The first-order valence-electron chi connectivity index (χ1n) is 8.18. The molecule has 1 N–H and O–H groups in total. The zero-order valence-corrected chi connectivity index (χ0v) is 13.8. The van der Waals surface area contributed by atoms with Gasteiger partial charge in [0.25, 0.3) is 0 Å². The largest absolute Gasteiger partial charge is 0.383 e. The fraction of sp³-hybridized carbons (Fsp3) is 0.667. The topological polar surface area (TPSA) is 24.5 Å². The maximum atomic E-state index is 5.25. The summed E-state index contributed by atoms with van der Waals surface area (Å²) >= 11 is 0. The third-order valence-electron chi connectivity index (χ3n) is 4.46. The summed E-state index contributed by atoms with van der Waals surface area (Å²) in [6, 6.07) is 11.7. The second-order valence-corrected chi connectivity index (χ2v) is 6.44. The van der Waals surface area contributed by atoms with Crippen LogP contribution >= 0.6 is 0 Å². The monoisotopic (exact) mass is 290 g/mol. The van der Waals surface area contributed by atoms with Crippen LogP contribution in [-0.2, 0) is 10.2 Å². The second kappa shape index (κ2) is 7.92. The zero-order chi connectivity index (χ0) is 15.1. The van der Waals surface area contributed by atoms with Crippen LogP contribution in [-0.4, -0.2) is 50.8 Å². The van der Waals surface area contributed by atoms with E-state index in [-0.39, 0.29) is 5.41 Å². The molecule has 3 nitrogen and oxygen atoms in total. The number of hydrogen-bond donors (Lipinski definition) is 1. The minimum Gasteiger partial charge on any atom is -0.383 e. The van der Waals surface area contributed by atoms with Gasteiger partial charge in [0.05, 0.1) is 6.61 Å². The summed E-state index contributed by atoms with van der Waals surface area (Å²) in [4.78, 5) is 2.49. The lowest BCUT2D eigenvalue weighted by Gasteiger charge is -2.36. The molecule has 21 heavy (non-hydrogen) atoms. The Labute approximate surface area is 129 Å². The van der Waals surface area contributed by atoms with Crippen molar-refractivity contribution in [1.82, 2.24) is 10.2 Å². The van der Waals surface area contributed by atoms with Crippen molar-refractivity contribution in [3.63, 3.8) is 0 Å². The molecule has 118 valence electrons. The summed E-state index contributed by atoms with van der Waals surface area (Å²) < 4.78 is 5.25. The lowest BCUT2D eigenvalue weighted by Crippen LogP contribution is -2.46. The van der Waals surface area contributed by atoms with Crippen molar-refractivity contribution in [2.45, 2.75) is 38.1 Å². The molecule has 0 heterocycles. The highest BCUT2D eigenvalue weighted by atomic mass is 16.5. The number of rotatable bonds is 10. The molecule has 0 bridgehead atoms. The molecular weight excluding hydrogens is 260 g/mol. The SMILES string of the molecule is CCN(CCOC)CC(C)(CNC1CC1)c1ccccc1. The zero-order valence-electron chi connectivity index (χ0n) is 13.8. The highest BCUT2D eigenvalue weighted by Crippen LogP contribution is 2.27. The lowest BCUT2D eigenvalue weighted by atomic mass is 9.81. The average Bonchev–Trinajstić information content (AvgIpc) is 3.35. The van der Waals surface area contributed by atoms with Gasteiger partial charge in [0, 0.05) is 38.2 Å². The smallest absolute Gasteiger partial charge is 0.0589 e. The molecule has 1 unspecified atom stereocenters. The molecule has 0 amide bonds. The van der Waals surface area contributed by atoms with E-state index >= 15 is 0 Å². The molecule has 1 atom stereocenters. The predicted molar refractivity (Wildman–Crippen MR) is 88.8 cm³/mol. The molecule has 2 rings (SSSR count). The first-order valence-corrected chi connectivity index (χ1v) is 8.18. The summed E-state index contributed by atoms with van der Waals surface area (Å²) in [6.45, 7) is 9.59. The van der Waals surface area contributed by atoms with E-state index < -0.39 is 0 Å². The molecule has 1 aromatic rings. The highest BCUT2D eigenvalue weighted by molar-refractivity contribution is 5.26. The average molecular weight is 290 g/mol. The van der Waals surface area contributed by atoms with Gasteiger partial charge < -0.3 is 15.0 Å². The Kier molecular flexibility index (Phi) is 6.22. The summed E-state index contributed by atoms with van der Waals surface area (Å²) in [5.74, 6) is 0. The van der Waals surface area contributed by atoms with Gasteiger partial charge in [-0.2, -0.15) is 0 Å². The number of benzene rings is 1. The van der Waals surface area contributed by atoms with Crippen LogP contribution in [0.1, 0.15) is 32.3 Å². The fourth-order valence-electron chi connectivity index (χ4n) is 2.81. The quantitative estimate of drug-likeness (QED) is 0.717. The first kappa shape index (κ1) is 16.5. The van der Waals surface area contributed by atoms with Crippen LogP contribution in [0.5, 0.6) is 0 Å². The minimum atomic E-state index is 0.146. The molecule has 1 aliphatic carbocycles. The first-order chi connectivity index (χ1) is 10.2. The molecule has 1 fully saturated rings. The van der Waals surface area contributed by atoms with E-state index in [2.05, 4.69) is 54.4 Å². The Morgan fingerprint density at radius 3 is 2.57 bits per heavy atom. The van der Waals surface area contributed by atoms with E-state index in [1.807, 2.05) is 0 Å². The maximum absolute atomic E-state index is 5.25. The Bertz CT molecular complexity index is 405. The van der Waals surface area contributed by atoms with Gasteiger partial charge >= 0.3 is 0 Å². The van der Waals surface area contributed by atoms with Gasteiger partial charge in [-0.3, -0.25) is 0 Å². The van der Waals surface area contributed by atoms with E-state index in [1.165, 1.54) is 18.4 Å². The summed E-state index contributed by atoms with van der Waals surface area (Å²) in [7, 11) is 1.78. The van der Waals surface area contributed by atoms with Crippen LogP contribution in [0, 0.1) is 0 Å². The number of nitrogens with zero attached hydrogens (tertiary/aromatic N) is 1. The van der Waals surface area contributed by atoms with Crippen molar-refractivity contribution in [3.8, 4) is 0 Å². The summed E-state index contributed by atoms with van der Waals surface area (Å²) in [6.07, 6.45) is 2.68. The number of methoxy groups -OCH3 is 1. The van der Waals surface area contributed by atoms with Gasteiger partial charge in [0.1, 0.15) is 0 Å². The van der Waals surface area contributed by atoms with E-state index in [1.54, 1.807) is 7.11 Å². The van der Waals surface area contributed by atoms with Gasteiger partial charge in [-0.25, -0.2) is 0 Å². The molecule has 1 aliphatic rings. The van der Waals surface area contributed by atoms with Crippen molar-refractivity contribution < 1.29 is 4.74 Å². The molecule has 3 heteroatoms. The maximum Gasteiger partial charge on any atom is 0.0589 e. The standard InChI is InChI=1S/C18H30N2O/c1-4-20(12-13-21-3)15-18(2,14-19-17-10-11-17)16-8-6-5-7-9-16/h5-9,17,19H,4,10-15H2,1-3H3. The Hall–Kier alpha value is -0.900. The summed E-state index contributed by atoms with van der Waals surface area (Å²) in [5.41, 5.74) is 1.57. The highest BCUT2D eigenvalue weighted by Gasteiger charge is 2.31. The molecule has 0 saturated heterocycles. The van der Waals surface area contributed by atoms with Crippen molar-refractivity contribution in [2.24, 2.45) is 0 Å². The van der Waals surface area contributed by atoms with Crippen LogP contribution in [0.25, 0.3) is 0 Å². The molecule has 1 aromatic carbocycles. The number of hydrogen-bond acceptors (Lipinski definition) is 3. The summed E-state index contributed by atoms with van der Waals surface area (Å²) in [5, 5.41) is 3.72. The molecule has 0 aromatic heterocycles. The van der Waals surface area contributed by atoms with E-state index in [4.69, 9.17) is 4.74 Å².